The zero-order chi connectivity index (χ0) is 19.9. The van der Waals surface area contributed by atoms with Gasteiger partial charge in [0.1, 0.15) is 12.4 Å². The average molecular weight is 377 g/mol. The molecule has 0 aromatic heterocycles. The first-order chi connectivity index (χ1) is 13.6. The number of amides is 2. The van der Waals surface area contributed by atoms with Crippen LogP contribution in [0.15, 0.2) is 65.9 Å². The summed E-state index contributed by atoms with van der Waals surface area (Å²) in [6.07, 6.45) is 0. The molecule has 142 valence electrons. The predicted molar refractivity (Wildman–Crippen MR) is 101 cm³/mol. The lowest BCUT2D eigenvalue weighted by Crippen LogP contribution is -2.47. The lowest BCUT2D eigenvalue weighted by molar-refractivity contribution is -0.139. The molecule has 1 unspecified atom stereocenters. The first-order valence-electron chi connectivity index (χ1n) is 8.78. The molecule has 0 fully saturated rings. The van der Waals surface area contributed by atoms with Crippen LogP contribution in [0.1, 0.15) is 24.1 Å². The Morgan fingerprint density at radius 3 is 2.68 bits per heavy atom. The molecular weight excluding hydrogens is 358 g/mol. The van der Waals surface area contributed by atoms with Crippen molar-refractivity contribution in [2.75, 3.05) is 13.2 Å². The number of ether oxygens (including phenoxy) is 2. The van der Waals surface area contributed by atoms with Crippen LogP contribution in [-0.2, 0) is 9.53 Å². The number of benzene rings is 2. The number of rotatable bonds is 6. The fourth-order valence-corrected chi connectivity index (χ4v) is 2.89. The predicted octanol–water partition coefficient (Wildman–Crippen LogP) is 2.81. The van der Waals surface area contributed by atoms with Crippen LogP contribution < -0.4 is 15.4 Å². The molecule has 1 aliphatic heterocycles. The first-order valence-corrected chi connectivity index (χ1v) is 8.78. The van der Waals surface area contributed by atoms with E-state index >= 15 is 0 Å². The largest absolute Gasteiger partial charge is 0.487 e. The van der Waals surface area contributed by atoms with E-state index in [0.717, 1.165) is 5.56 Å². The third kappa shape index (κ3) is 4.30. The number of nitriles is 1. The van der Waals surface area contributed by atoms with Gasteiger partial charge >= 0.3 is 12.0 Å². The van der Waals surface area contributed by atoms with Gasteiger partial charge in [0.25, 0.3) is 0 Å². The van der Waals surface area contributed by atoms with Gasteiger partial charge in [-0.05, 0) is 30.7 Å². The van der Waals surface area contributed by atoms with Gasteiger partial charge in [-0.25, -0.2) is 9.59 Å². The fourth-order valence-electron chi connectivity index (χ4n) is 2.89. The van der Waals surface area contributed by atoms with Gasteiger partial charge in [-0.1, -0.05) is 36.4 Å². The Morgan fingerprint density at radius 1 is 1.18 bits per heavy atom. The maximum Gasteiger partial charge on any atom is 0.338 e. The van der Waals surface area contributed by atoms with Crippen LogP contribution in [-0.4, -0.2) is 25.2 Å². The quantitative estimate of drug-likeness (QED) is 0.754. The summed E-state index contributed by atoms with van der Waals surface area (Å²) < 4.78 is 10.9. The van der Waals surface area contributed by atoms with Crippen molar-refractivity contribution < 1.29 is 19.1 Å². The summed E-state index contributed by atoms with van der Waals surface area (Å²) in [7, 11) is 0. The fraction of sp³-hybridized carbons (Fsp3) is 0.190. The molecule has 2 aromatic rings. The maximum atomic E-state index is 12.6. The molecular formula is C21H19N3O4. The second kappa shape index (κ2) is 8.73. The van der Waals surface area contributed by atoms with Gasteiger partial charge in [-0.2, -0.15) is 5.26 Å². The van der Waals surface area contributed by atoms with Crippen molar-refractivity contribution in [3.8, 4) is 11.8 Å². The molecule has 1 aliphatic rings. The number of urea groups is 1. The molecule has 2 aromatic carbocycles. The minimum atomic E-state index is -0.655. The maximum absolute atomic E-state index is 12.6. The number of hydrogen-bond acceptors (Lipinski definition) is 5. The van der Waals surface area contributed by atoms with Gasteiger partial charge in [0.15, 0.2) is 0 Å². The minimum Gasteiger partial charge on any atom is -0.487 e. The lowest BCUT2D eigenvalue weighted by Gasteiger charge is -2.29. The van der Waals surface area contributed by atoms with Crippen molar-refractivity contribution >= 4 is 12.0 Å². The highest BCUT2D eigenvalue weighted by molar-refractivity contribution is 5.95. The Bertz CT molecular complexity index is 948. The van der Waals surface area contributed by atoms with E-state index in [0.29, 0.717) is 17.0 Å². The summed E-state index contributed by atoms with van der Waals surface area (Å²) in [6, 6.07) is 16.7. The van der Waals surface area contributed by atoms with Gasteiger partial charge in [-0.3, -0.25) is 0 Å². The van der Waals surface area contributed by atoms with Gasteiger partial charge in [0.2, 0.25) is 0 Å². The van der Waals surface area contributed by atoms with Gasteiger partial charge in [0, 0.05) is 0 Å². The molecule has 0 radical (unpaired) electrons. The van der Waals surface area contributed by atoms with E-state index in [4.69, 9.17) is 14.7 Å². The normalized spacial score (nSPS) is 15.9. The number of hydrogen-bond donors (Lipinski definition) is 2. The van der Waals surface area contributed by atoms with E-state index in [1.165, 1.54) is 0 Å². The Hall–Kier alpha value is -3.79. The van der Waals surface area contributed by atoms with E-state index in [2.05, 4.69) is 10.6 Å². The molecule has 28 heavy (non-hydrogen) atoms. The summed E-state index contributed by atoms with van der Waals surface area (Å²) in [5.41, 5.74) is 1.81. The third-order valence-electron chi connectivity index (χ3n) is 4.13. The first kappa shape index (κ1) is 19.0. The van der Waals surface area contributed by atoms with Crippen LogP contribution in [0.2, 0.25) is 0 Å². The van der Waals surface area contributed by atoms with Crippen molar-refractivity contribution in [3.63, 3.8) is 0 Å². The Labute approximate surface area is 162 Å². The number of carbonyl (C=O) groups is 2. The summed E-state index contributed by atoms with van der Waals surface area (Å²) >= 11 is 0. The molecule has 2 amide bonds. The zero-order valence-corrected chi connectivity index (χ0v) is 15.3. The average Bonchev–Trinajstić information content (AvgIpc) is 2.72. The van der Waals surface area contributed by atoms with Crippen LogP contribution in [0.25, 0.3) is 0 Å². The van der Waals surface area contributed by atoms with E-state index in [-0.39, 0.29) is 18.8 Å². The van der Waals surface area contributed by atoms with E-state index < -0.39 is 18.0 Å². The monoisotopic (exact) mass is 377 g/mol. The second-order valence-corrected chi connectivity index (χ2v) is 5.98. The number of esters is 1. The third-order valence-corrected chi connectivity index (χ3v) is 4.13. The number of carbonyl (C=O) groups excluding carboxylic acids is 2. The molecule has 3 rings (SSSR count). The van der Waals surface area contributed by atoms with Crippen molar-refractivity contribution in [2.24, 2.45) is 0 Å². The highest BCUT2D eigenvalue weighted by atomic mass is 16.5. The Morgan fingerprint density at radius 2 is 1.96 bits per heavy atom. The molecule has 0 aliphatic carbocycles. The summed E-state index contributed by atoms with van der Waals surface area (Å²) in [4.78, 5) is 24.8. The topological polar surface area (TPSA) is 100 Å². The second-order valence-electron chi connectivity index (χ2n) is 5.98. The summed E-state index contributed by atoms with van der Waals surface area (Å²) in [5, 5.41) is 14.4. The summed E-state index contributed by atoms with van der Waals surface area (Å²) in [5.74, 6) is -0.0768. The van der Waals surface area contributed by atoms with Crippen molar-refractivity contribution in [1.82, 2.24) is 10.6 Å². The zero-order valence-electron chi connectivity index (χ0n) is 15.3. The molecule has 1 heterocycles. The Balaban J connectivity index is 1.95. The molecule has 7 heteroatoms. The standard InChI is InChI=1S/C21H19N3O4/c1-2-27-20(25)18-17(13-28-16-10-6-7-14(11-16)12-22)23-21(26)24-19(18)15-8-4-3-5-9-15/h3-11,19H,2,13H2,1H3,(H2,23,24,26). The molecule has 2 N–H and O–H groups in total. The van der Waals surface area contributed by atoms with E-state index in [9.17, 15) is 9.59 Å². The van der Waals surface area contributed by atoms with Crippen LogP contribution in [0.4, 0.5) is 4.79 Å². The van der Waals surface area contributed by atoms with Gasteiger partial charge in [0.05, 0.1) is 35.6 Å². The molecule has 0 bridgehead atoms. The lowest BCUT2D eigenvalue weighted by atomic mass is 9.95. The van der Waals surface area contributed by atoms with Crippen molar-refractivity contribution in [1.29, 1.82) is 5.26 Å². The van der Waals surface area contributed by atoms with Crippen LogP contribution in [0.3, 0.4) is 0 Å². The van der Waals surface area contributed by atoms with E-state index in [1.807, 2.05) is 36.4 Å². The minimum absolute atomic E-state index is 0.0558. The SMILES string of the molecule is CCOC(=O)C1=C(COc2cccc(C#N)c2)NC(=O)NC1c1ccccc1. The molecule has 7 nitrogen and oxygen atoms in total. The van der Waals surface area contributed by atoms with Gasteiger partial charge < -0.3 is 20.1 Å². The smallest absolute Gasteiger partial charge is 0.338 e. The molecule has 0 saturated carbocycles. The van der Waals surface area contributed by atoms with Crippen LogP contribution in [0.5, 0.6) is 5.75 Å². The molecule has 1 atom stereocenters. The number of nitrogens with zero attached hydrogens (tertiary/aromatic N) is 1. The van der Waals surface area contributed by atoms with E-state index in [1.54, 1.807) is 31.2 Å². The van der Waals surface area contributed by atoms with Crippen molar-refractivity contribution in [3.05, 3.63) is 77.0 Å². The van der Waals surface area contributed by atoms with Crippen LogP contribution in [0, 0.1) is 11.3 Å². The summed E-state index contributed by atoms with van der Waals surface area (Å²) in [6.45, 7) is 1.87. The highest BCUT2D eigenvalue weighted by Crippen LogP contribution is 2.28. The van der Waals surface area contributed by atoms with Gasteiger partial charge in [-0.15, -0.1) is 0 Å². The Kier molecular flexibility index (Phi) is 5.92. The highest BCUT2D eigenvalue weighted by Gasteiger charge is 2.33. The van der Waals surface area contributed by atoms with Crippen molar-refractivity contribution in [2.45, 2.75) is 13.0 Å². The van der Waals surface area contributed by atoms with Crippen LogP contribution >= 0.6 is 0 Å². The molecule has 0 saturated heterocycles. The molecule has 0 spiro atoms. The number of nitrogens with one attached hydrogen (secondary N) is 2.